The molecule has 2 aromatic carbocycles. The van der Waals surface area contributed by atoms with Crippen LogP contribution < -0.4 is 14.2 Å². The number of alkyl halides is 5. The number of amides is 1. The summed E-state index contributed by atoms with van der Waals surface area (Å²) in [6, 6.07) is 11.3. The molecule has 0 aromatic heterocycles. The molecule has 41 heavy (non-hydrogen) atoms. The van der Waals surface area contributed by atoms with E-state index in [4.69, 9.17) is 18.9 Å². The van der Waals surface area contributed by atoms with Crippen LogP contribution >= 0.6 is 0 Å². The zero-order chi connectivity index (χ0) is 30.6. The van der Waals surface area contributed by atoms with Crippen LogP contribution in [0.15, 0.2) is 42.5 Å². The fourth-order valence-electron chi connectivity index (χ4n) is 3.48. The SMILES string of the molecule is CCOC(Cc1ccc(OCCN(CCCOC(F)(F)C(F)(F)F)C(=O)Oc2cc(C)ccc2OC)cc1)C(=O)O. The molecule has 0 radical (unpaired) electrons. The van der Waals surface area contributed by atoms with Crippen LogP contribution in [0.1, 0.15) is 24.5 Å². The van der Waals surface area contributed by atoms with E-state index in [0.29, 0.717) is 11.3 Å². The second-order valence-electron chi connectivity index (χ2n) is 8.70. The normalized spacial score (nSPS) is 12.5. The number of aryl methyl sites for hydroxylation is 1. The number of nitrogens with zero attached hydrogens (tertiary/aromatic N) is 1. The van der Waals surface area contributed by atoms with Crippen LogP contribution in [0.2, 0.25) is 0 Å². The second kappa shape index (κ2) is 15.4. The van der Waals surface area contributed by atoms with E-state index in [-0.39, 0.29) is 50.6 Å². The predicted octanol–water partition coefficient (Wildman–Crippen LogP) is 5.48. The van der Waals surface area contributed by atoms with Gasteiger partial charge in [0.25, 0.3) is 0 Å². The van der Waals surface area contributed by atoms with E-state index in [1.54, 1.807) is 56.3 Å². The molecule has 0 saturated heterocycles. The molecule has 2 rings (SSSR count). The third-order valence-corrected chi connectivity index (χ3v) is 5.58. The number of benzene rings is 2. The molecular weight excluding hydrogens is 561 g/mol. The van der Waals surface area contributed by atoms with Crippen LogP contribution in [0.25, 0.3) is 0 Å². The van der Waals surface area contributed by atoms with Crippen molar-refractivity contribution in [1.82, 2.24) is 4.90 Å². The van der Waals surface area contributed by atoms with Crippen LogP contribution in [0.3, 0.4) is 0 Å². The minimum atomic E-state index is -5.87. The van der Waals surface area contributed by atoms with Crippen molar-refractivity contribution in [3.63, 3.8) is 0 Å². The highest BCUT2D eigenvalue weighted by molar-refractivity contribution is 5.73. The molecule has 0 spiro atoms. The lowest BCUT2D eigenvalue weighted by atomic mass is 10.1. The summed E-state index contributed by atoms with van der Waals surface area (Å²) in [5, 5.41) is 9.23. The Morgan fingerprint density at radius 3 is 2.24 bits per heavy atom. The number of rotatable bonds is 16. The summed E-state index contributed by atoms with van der Waals surface area (Å²) in [7, 11) is 1.37. The van der Waals surface area contributed by atoms with Gasteiger partial charge in [0.1, 0.15) is 12.4 Å². The molecule has 0 heterocycles. The maximum absolute atomic E-state index is 13.1. The summed E-state index contributed by atoms with van der Waals surface area (Å²) in [6.45, 7) is 2.22. The van der Waals surface area contributed by atoms with Gasteiger partial charge in [0.2, 0.25) is 0 Å². The molecule has 0 aliphatic carbocycles. The van der Waals surface area contributed by atoms with Crippen LogP contribution in [-0.2, 0) is 20.7 Å². The first kappa shape index (κ1) is 33.6. The van der Waals surface area contributed by atoms with E-state index >= 15 is 0 Å². The predicted molar refractivity (Wildman–Crippen MR) is 136 cm³/mol. The fourth-order valence-corrected chi connectivity index (χ4v) is 3.48. The molecule has 9 nitrogen and oxygen atoms in total. The number of halogens is 5. The van der Waals surface area contributed by atoms with Gasteiger partial charge in [-0.15, -0.1) is 0 Å². The Labute approximate surface area is 233 Å². The Kier molecular flexibility index (Phi) is 12.6. The molecule has 0 fully saturated rings. The second-order valence-corrected chi connectivity index (χ2v) is 8.70. The number of carboxylic acid groups (broad SMARTS) is 1. The van der Waals surface area contributed by atoms with Gasteiger partial charge in [-0.3, -0.25) is 0 Å². The lowest BCUT2D eigenvalue weighted by molar-refractivity contribution is -0.391. The summed E-state index contributed by atoms with van der Waals surface area (Å²) < 4.78 is 88.3. The number of hydrogen-bond acceptors (Lipinski definition) is 7. The van der Waals surface area contributed by atoms with Gasteiger partial charge in [0.05, 0.1) is 20.3 Å². The molecule has 1 atom stereocenters. The van der Waals surface area contributed by atoms with Crippen LogP contribution in [0.4, 0.5) is 26.7 Å². The molecule has 1 unspecified atom stereocenters. The van der Waals surface area contributed by atoms with Crippen molar-refractivity contribution < 1.29 is 60.3 Å². The summed E-state index contributed by atoms with van der Waals surface area (Å²) in [6.07, 6.45) is -13.3. The Hall–Kier alpha value is -3.65. The summed E-state index contributed by atoms with van der Waals surface area (Å²) in [4.78, 5) is 25.3. The minimum absolute atomic E-state index is 0.0876. The van der Waals surface area contributed by atoms with Gasteiger partial charge in [-0.25, -0.2) is 9.59 Å². The van der Waals surface area contributed by atoms with Gasteiger partial charge >= 0.3 is 24.3 Å². The van der Waals surface area contributed by atoms with Gasteiger partial charge in [-0.05, 0) is 55.7 Å². The highest BCUT2D eigenvalue weighted by Crippen LogP contribution is 2.36. The highest BCUT2D eigenvalue weighted by Gasteiger charge is 2.59. The summed E-state index contributed by atoms with van der Waals surface area (Å²) >= 11 is 0. The van der Waals surface area contributed by atoms with E-state index in [2.05, 4.69) is 4.74 Å². The van der Waals surface area contributed by atoms with Crippen molar-refractivity contribution in [2.75, 3.05) is 40.0 Å². The zero-order valence-corrected chi connectivity index (χ0v) is 22.7. The van der Waals surface area contributed by atoms with Crippen LogP contribution in [-0.4, -0.2) is 80.5 Å². The molecule has 0 saturated carbocycles. The number of hydrogen-bond donors (Lipinski definition) is 1. The smallest absolute Gasteiger partial charge is 0.482 e. The van der Waals surface area contributed by atoms with Gasteiger partial charge in [-0.2, -0.15) is 22.0 Å². The Morgan fingerprint density at radius 2 is 1.66 bits per heavy atom. The monoisotopic (exact) mass is 593 g/mol. The fraction of sp³-hybridized carbons (Fsp3) is 0.481. The number of methoxy groups -OCH3 is 1. The number of carboxylic acids is 1. The van der Waals surface area contributed by atoms with Crippen molar-refractivity contribution in [1.29, 1.82) is 0 Å². The Balaban J connectivity index is 2.03. The average Bonchev–Trinajstić information content (AvgIpc) is 2.90. The molecule has 1 amide bonds. The van der Waals surface area contributed by atoms with Crippen molar-refractivity contribution in [3.8, 4) is 17.2 Å². The van der Waals surface area contributed by atoms with Gasteiger partial charge < -0.3 is 33.7 Å². The molecule has 0 aliphatic heterocycles. The maximum Gasteiger partial charge on any atom is 0.482 e. The van der Waals surface area contributed by atoms with Crippen molar-refractivity contribution in [2.24, 2.45) is 0 Å². The molecular formula is C27H32F5NO8. The van der Waals surface area contributed by atoms with E-state index in [9.17, 15) is 36.6 Å². The third kappa shape index (κ3) is 10.7. The van der Waals surface area contributed by atoms with E-state index in [0.717, 1.165) is 10.5 Å². The first-order chi connectivity index (χ1) is 19.3. The lowest BCUT2D eigenvalue weighted by Gasteiger charge is -2.24. The zero-order valence-electron chi connectivity index (χ0n) is 22.7. The number of ether oxygens (including phenoxy) is 5. The van der Waals surface area contributed by atoms with E-state index in [1.807, 2.05) is 0 Å². The summed E-state index contributed by atoms with van der Waals surface area (Å²) in [5.41, 5.74) is 1.44. The average molecular weight is 594 g/mol. The van der Waals surface area contributed by atoms with Gasteiger partial charge in [0.15, 0.2) is 17.6 Å². The van der Waals surface area contributed by atoms with E-state index in [1.165, 1.54) is 7.11 Å². The van der Waals surface area contributed by atoms with Gasteiger partial charge in [0, 0.05) is 19.6 Å². The van der Waals surface area contributed by atoms with Crippen molar-refractivity contribution in [3.05, 3.63) is 53.6 Å². The first-order valence-corrected chi connectivity index (χ1v) is 12.5. The number of aliphatic carboxylic acids is 1. The highest BCUT2D eigenvalue weighted by atomic mass is 19.4. The van der Waals surface area contributed by atoms with Gasteiger partial charge in [-0.1, -0.05) is 18.2 Å². The number of carbonyl (C=O) groups excluding carboxylic acids is 1. The van der Waals surface area contributed by atoms with E-state index < -0.39 is 37.1 Å². The van der Waals surface area contributed by atoms with Crippen molar-refractivity contribution in [2.45, 2.75) is 45.1 Å². The molecule has 0 bridgehead atoms. The lowest BCUT2D eigenvalue weighted by Crippen LogP contribution is -2.41. The molecule has 1 N–H and O–H groups in total. The molecule has 228 valence electrons. The first-order valence-electron chi connectivity index (χ1n) is 12.5. The molecule has 14 heteroatoms. The van der Waals surface area contributed by atoms with Crippen molar-refractivity contribution >= 4 is 12.1 Å². The minimum Gasteiger partial charge on any atom is -0.493 e. The number of carbonyl (C=O) groups is 2. The quantitative estimate of drug-likeness (QED) is 0.202. The maximum atomic E-state index is 13.1. The topological polar surface area (TPSA) is 104 Å². The molecule has 0 aliphatic rings. The molecule has 2 aromatic rings. The Bertz CT molecular complexity index is 1130. The third-order valence-electron chi connectivity index (χ3n) is 5.58. The Morgan fingerprint density at radius 1 is 0.976 bits per heavy atom. The van der Waals surface area contributed by atoms with Crippen LogP contribution in [0.5, 0.6) is 17.2 Å². The van der Waals surface area contributed by atoms with Crippen LogP contribution in [0, 0.1) is 6.92 Å². The largest absolute Gasteiger partial charge is 0.493 e. The standard InChI is InChI=1S/C27H32F5NO8/c1-4-38-23(24(34)35)17-19-7-9-20(10-8-19)39-15-13-33(12-5-14-40-27(31,32)26(28,29)30)25(36)41-22-16-18(2)6-11-21(22)37-3/h6-11,16,23H,4-5,12-15,17H2,1-3H3,(H,34,35). The summed E-state index contributed by atoms with van der Waals surface area (Å²) in [5.74, 6) is -0.359.